The Morgan fingerprint density at radius 2 is 1.60 bits per heavy atom. The molecule has 1 heterocycles. The summed E-state index contributed by atoms with van der Waals surface area (Å²) < 4.78 is 25.8. The standard InChI is InChI=1S/C23H25N3O3S/c1-17-5-4-6-22(18(17)2)26(30(3,28)29)16-23(27)25-21-9-7-19(8-10-21)15-20-11-13-24-14-12-20/h4-14H,15-16H2,1-3H3,(H,25,27). The van der Waals surface area contributed by atoms with Crippen molar-refractivity contribution in [2.45, 2.75) is 20.3 Å². The zero-order valence-corrected chi connectivity index (χ0v) is 18.1. The predicted molar refractivity (Wildman–Crippen MR) is 120 cm³/mol. The van der Waals surface area contributed by atoms with Crippen LogP contribution in [0.3, 0.4) is 0 Å². The highest BCUT2D eigenvalue weighted by atomic mass is 32.2. The van der Waals surface area contributed by atoms with Gasteiger partial charge in [-0.05, 0) is 72.9 Å². The van der Waals surface area contributed by atoms with Crippen LogP contribution in [0.4, 0.5) is 11.4 Å². The number of carbonyl (C=O) groups excluding carboxylic acids is 1. The first-order chi connectivity index (χ1) is 14.2. The van der Waals surface area contributed by atoms with E-state index >= 15 is 0 Å². The number of rotatable bonds is 7. The molecule has 0 saturated carbocycles. The normalized spacial score (nSPS) is 11.2. The van der Waals surface area contributed by atoms with Crippen LogP contribution in [0.1, 0.15) is 22.3 Å². The van der Waals surface area contributed by atoms with Crippen molar-refractivity contribution in [2.75, 3.05) is 22.4 Å². The number of hydrogen-bond donors (Lipinski definition) is 1. The first kappa shape index (κ1) is 21.5. The fourth-order valence-corrected chi connectivity index (χ4v) is 4.07. The maximum atomic E-state index is 12.6. The van der Waals surface area contributed by atoms with Gasteiger partial charge in [0, 0.05) is 18.1 Å². The van der Waals surface area contributed by atoms with Crippen molar-refractivity contribution in [1.82, 2.24) is 4.98 Å². The SMILES string of the molecule is Cc1cccc(N(CC(=O)Nc2ccc(Cc3ccncc3)cc2)S(C)(=O)=O)c1C. The predicted octanol–water partition coefficient (Wildman–Crippen LogP) is 3.69. The van der Waals surface area contributed by atoms with Gasteiger partial charge in [0.2, 0.25) is 15.9 Å². The number of aryl methyl sites for hydroxylation is 1. The molecule has 6 nitrogen and oxygen atoms in total. The Morgan fingerprint density at radius 1 is 0.967 bits per heavy atom. The van der Waals surface area contributed by atoms with Crippen molar-refractivity contribution in [1.29, 1.82) is 0 Å². The van der Waals surface area contributed by atoms with Gasteiger partial charge in [-0.15, -0.1) is 0 Å². The largest absolute Gasteiger partial charge is 0.325 e. The molecule has 1 N–H and O–H groups in total. The van der Waals surface area contributed by atoms with Crippen molar-refractivity contribution < 1.29 is 13.2 Å². The van der Waals surface area contributed by atoms with E-state index < -0.39 is 15.9 Å². The van der Waals surface area contributed by atoms with Crippen LogP contribution in [0.2, 0.25) is 0 Å². The molecular formula is C23H25N3O3S. The molecule has 30 heavy (non-hydrogen) atoms. The second-order valence-corrected chi connectivity index (χ2v) is 9.17. The number of hydrogen-bond acceptors (Lipinski definition) is 4. The summed E-state index contributed by atoms with van der Waals surface area (Å²) in [6, 6.07) is 16.8. The van der Waals surface area contributed by atoms with Gasteiger partial charge in [-0.1, -0.05) is 24.3 Å². The molecule has 0 aliphatic heterocycles. The second-order valence-electron chi connectivity index (χ2n) is 7.27. The van der Waals surface area contributed by atoms with E-state index in [0.717, 1.165) is 39.2 Å². The van der Waals surface area contributed by atoms with E-state index in [-0.39, 0.29) is 6.54 Å². The molecule has 7 heteroatoms. The summed E-state index contributed by atoms with van der Waals surface area (Å²) in [5.41, 5.74) is 5.18. The van der Waals surface area contributed by atoms with Gasteiger partial charge in [-0.2, -0.15) is 0 Å². The van der Waals surface area contributed by atoms with Gasteiger partial charge in [0.1, 0.15) is 6.54 Å². The van der Waals surface area contributed by atoms with Crippen LogP contribution in [0.25, 0.3) is 0 Å². The minimum atomic E-state index is -3.62. The topological polar surface area (TPSA) is 79.4 Å². The van der Waals surface area contributed by atoms with Crippen LogP contribution in [-0.2, 0) is 21.2 Å². The number of carbonyl (C=O) groups is 1. The third kappa shape index (κ3) is 5.45. The molecular weight excluding hydrogens is 398 g/mol. The summed E-state index contributed by atoms with van der Waals surface area (Å²) in [5.74, 6) is -0.400. The average molecular weight is 424 g/mol. The molecule has 0 spiro atoms. The fraction of sp³-hybridized carbons (Fsp3) is 0.217. The molecule has 0 atom stereocenters. The zero-order valence-electron chi connectivity index (χ0n) is 17.3. The summed E-state index contributed by atoms with van der Waals surface area (Å²) in [5, 5.41) is 2.78. The summed E-state index contributed by atoms with van der Waals surface area (Å²) >= 11 is 0. The molecule has 0 aliphatic rings. The fourth-order valence-electron chi connectivity index (χ4n) is 3.16. The summed E-state index contributed by atoms with van der Waals surface area (Å²) in [7, 11) is -3.62. The lowest BCUT2D eigenvalue weighted by Gasteiger charge is -2.24. The van der Waals surface area contributed by atoms with E-state index in [4.69, 9.17) is 0 Å². The molecule has 3 aromatic rings. The first-order valence-electron chi connectivity index (χ1n) is 9.55. The smallest absolute Gasteiger partial charge is 0.245 e. The molecule has 0 saturated heterocycles. The van der Waals surface area contributed by atoms with Gasteiger partial charge in [-0.25, -0.2) is 8.42 Å². The van der Waals surface area contributed by atoms with Gasteiger partial charge in [0.15, 0.2) is 0 Å². The Morgan fingerprint density at radius 3 is 2.23 bits per heavy atom. The summed E-state index contributed by atoms with van der Waals surface area (Å²) in [4.78, 5) is 16.6. The Labute approximate surface area is 177 Å². The molecule has 2 aromatic carbocycles. The molecule has 1 amide bonds. The van der Waals surface area contributed by atoms with Crippen LogP contribution in [-0.4, -0.2) is 32.1 Å². The minimum absolute atomic E-state index is 0.290. The number of benzene rings is 2. The van der Waals surface area contributed by atoms with E-state index in [2.05, 4.69) is 10.3 Å². The van der Waals surface area contributed by atoms with Crippen molar-refractivity contribution in [3.8, 4) is 0 Å². The maximum absolute atomic E-state index is 12.6. The highest BCUT2D eigenvalue weighted by Gasteiger charge is 2.22. The molecule has 3 rings (SSSR count). The van der Waals surface area contributed by atoms with E-state index in [1.54, 1.807) is 24.5 Å². The van der Waals surface area contributed by atoms with Crippen molar-refractivity contribution in [3.63, 3.8) is 0 Å². The molecule has 0 aliphatic carbocycles. The minimum Gasteiger partial charge on any atom is -0.325 e. The molecule has 0 unspecified atom stereocenters. The van der Waals surface area contributed by atoms with Crippen molar-refractivity contribution in [2.24, 2.45) is 0 Å². The van der Waals surface area contributed by atoms with E-state index in [1.165, 1.54) is 0 Å². The van der Waals surface area contributed by atoms with Crippen molar-refractivity contribution in [3.05, 3.63) is 89.2 Å². The highest BCUT2D eigenvalue weighted by Crippen LogP contribution is 2.25. The Kier molecular flexibility index (Phi) is 6.52. The van der Waals surface area contributed by atoms with Gasteiger partial charge >= 0.3 is 0 Å². The molecule has 0 radical (unpaired) electrons. The Bertz CT molecular complexity index is 1130. The molecule has 156 valence electrons. The second kappa shape index (κ2) is 9.09. The van der Waals surface area contributed by atoms with E-state index in [1.807, 2.05) is 56.3 Å². The lowest BCUT2D eigenvalue weighted by Crippen LogP contribution is -2.38. The van der Waals surface area contributed by atoms with Crippen LogP contribution >= 0.6 is 0 Å². The van der Waals surface area contributed by atoms with Gasteiger partial charge in [-0.3, -0.25) is 14.1 Å². The van der Waals surface area contributed by atoms with E-state index in [9.17, 15) is 13.2 Å². The van der Waals surface area contributed by atoms with Crippen LogP contribution < -0.4 is 9.62 Å². The van der Waals surface area contributed by atoms with Crippen LogP contribution in [0, 0.1) is 13.8 Å². The number of aromatic nitrogens is 1. The molecule has 0 fully saturated rings. The number of nitrogens with zero attached hydrogens (tertiary/aromatic N) is 2. The van der Waals surface area contributed by atoms with Crippen LogP contribution in [0.5, 0.6) is 0 Å². The third-order valence-corrected chi connectivity index (χ3v) is 6.05. The quantitative estimate of drug-likeness (QED) is 0.629. The number of nitrogens with one attached hydrogen (secondary N) is 1. The Balaban J connectivity index is 1.70. The third-order valence-electron chi connectivity index (χ3n) is 4.93. The number of anilines is 2. The Hall–Kier alpha value is -3.19. The zero-order chi connectivity index (χ0) is 21.7. The van der Waals surface area contributed by atoms with Crippen molar-refractivity contribution >= 4 is 27.3 Å². The summed E-state index contributed by atoms with van der Waals surface area (Å²) in [6.45, 7) is 3.47. The number of pyridine rings is 1. The summed E-state index contributed by atoms with van der Waals surface area (Å²) in [6.07, 6.45) is 5.39. The molecule has 0 bridgehead atoms. The maximum Gasteiger partial charge on any atom is 0.245 e. The van der Waals surface area contributed by atoms with Crippen LogP contribution in [0.15, 0.2) is 67.0 Å². The van der Waals surface area contributed by atoms with Gasteiger partial charge in [0.05, 0.1) is 11.9 Å². The highest BCUT2D eigenvalue weighted by molar-refractivity contribution is 7.92. The number of sulfonamides is 1. The monoisotopic (exact) mass is 423 g/mol. The van der Waals surface area contributed by atoms with Gasteiger partial charge in [0.25, 0.3) is 0 Å². The lowest BCUT2D eigenvalue weighted by molar-refractivity contribution is -0.114. The van der Waals surface area contributed by atoms with E-state index in [0.29, 0.717) is 11.4 Å². The number of amides is 1. The first-order valence-corrected chi connectivity index (χ1v) is 11.4. The van der Waals surface area contributed by atoms with Gasteiger partial charge < -0.3 is 5.32 Å². The average Bonchev–Trinajstić information content (AvgIpc) is 2.70. The molecule has 1 aromatic heterocycles. The lowest BCUT2D eigenvalue weighted by atomic mass is 10.1.